The number of aliphatic hydroxyl groups excluding tert-OH is 1. The molecule has 8 nitrogen and oxygen atoms in total. The molecule has 1 unspecified atom stereocenters. The van der Waals surface area contributed by atoms with Crippen LogP contribution in [0.2, 0.25) is 0 Å². The number of β-amino-alcohol motifs (C(OH)–C–C–N with tert-alkyl or cyclic N) is 1. The van der Waals surface area contributed by atoms with Crippen molar-refractivity contribution < 1.29 is 10.0 Å². The zero-order chi connectivity index (χ0) is 12.4. The molecule has 1 aliphatic heterocycles. The first kappa shape index (κ1) is 11.6. The quantitative estimate of drug-likeness (QED) is 0.381. The van der Waals surface area contributed by atoms with Crippen LogP contribution in [0.3, 0.4) is 0 Å². The van der Waals surface area contributed by atoms with E-state index in [9.17, 15) is 15.2 Å². The van der Waals surface area contributed by atoms with Gasteiger partial charge in [-0.15, -0.1) is 0 Å². The number of hydrazine groups is 1. The van der Waals surface area contributed by atoms with Gasteiger partial charge in [0.05, 0.1) is 11.0 Å². The molecule has 2 rings (SSSR count). The Morgan fingerprint density at radius 1 is 1.65 bits per heavy atom. The normalized spacial score (nSPS) is 19.4. The number of hydrogen-bond donors (Lipinski definition) is 3. The Balaban J connectivity index is 2.38. The number of aromatic nitrogens is 1. The number of rotatable bonds is 3. The van der Waals surface area contributed by atoms with Crippen molar-refractivity contribution in [3.63, 3.8) is 0 Å². The molecule has 92 valence electrons. The van der Waals surface area contributed by atoms with E-state index in [1.807, 2.05) is 0 Å². The van der Waals surface area contributed by atoms with Crippen molar-refractivity contribution >= 4 is 17.3 Å². The van der Waals surface area contributed by atoms with Crippen LogP contribution in [0.25, 0.3) is 0 Å². The van der Waals surface area contributed by atoms with Gasteiger partial charge in [0.2, 0.25) is 5.82 Å². The minimum atomic E-state index is -0.493. The van der Waals surface area contributed by atoms with E-state index in [-0.39, 0.29) is 11.5 Å². The number of nitrogens with one attached hydrogen (secondary N) is 1. The van der Waals surface area contributed by atoms with Gasteiger partial charge in [-0.3, -0.25) is 10.1 Å². The van der Waals surface area contributed by atoms with E-state index in [1.54, 1.807) is 4.90 Å². The summed E-state index contributed by atoms with van der Waals surface area (Å²) >= 11 is 0. The summed E-state index contributed by atoms with van der Waals surface area (Å²) in [5.41, 5.74) is 2.26. The summed E-state index contributed by atoms with van der Waals surface area (Å²) in [6.07, 6.45) is 0.116. The lowest BCUT2D eigenvalue weighted by Crippen LogP contribution is -2.24. The predicted octanol–water partition coefficient (Wildman–Crippen LogP) is -0.154. The Labute approximate surface area is 97.2 Å². The van der Waals surface area contributed by atoms with E-state index in [4.69, 9.17) is 5.84 Å². The number of nitro groups is 1. The number of nitrogens with zero attached hydrogens (tertiary/aromatic N) is 3. The van der Waals surface area contributed by atoms with Gasteiger partial charge < -0.3 is 15.4 Å². The molecule has 0 spiro atoms. The van der Waals surface area contributed by atoms with Crippen molar-refractivity contribution in [3.8, 4) is 0 Å². The van der Waals surface area contributed by atoms with Crippen molar-refractivity contribution in [2.24, 2.45) is 5.84 Å². The van der Waals surface area contributed by atoms with Gasteiger partial charge in [0.15, 0.2) is 0 Å². The summed E-state index contributed by atoms with van der Waals surface area (Å²) in [7, 11) is 0. The molecule has 2 heterocycles. The van der Waals surface area contributed by atoms with Crippen LogP contribution < -0.4 is 16.2 Å². The molecule has 1 aromatic rings. The highest BCUT2D eigenvalue weighted by Gasteiger charge is 2.28. The molecule has 0 aromatic carbocycles. The molecule has 8 heteroatoms. The number of hydrogen-bond acceptors (Lipinski definition) is 7. The highest BCUT2D eigenvalue weighted by molar-refractivity contribution is 5.62. The average Bonchev–Trinajstić information content (AvgIpc) is 2.75. The Morgan fingerprint density at radius 3 is 2.94 bits per heavy atom. The third kappa shape index (κ3) is 2.27. The number of anilines is 2. The molecule has 0 bridgehead atoms. The zero-order valence-electron chi connectivity index (χ0n) is 9.04. The summed E-state index contributed by atoms with van der Waals surface area (Å²) in [4.78, 5) is 16.1. The number of nitrogens with two attached hydrogens (primary N) is 1. The number of nitrogen functional groups attached to an aromatic ring is 1. The highest BCUT2D eigenvalue weighted by atomic mass is 16.6. The second kappa shape index (κ2) is 4.52. The second-order valence-corrected chi connectivity index (χ2v) is 3.83. The van der Waals surface area contributed by atoms with Crippen LogP contribution >= 0.6 is 0 Å². The van der Waals surface area contributed by atoms with Gasteiger partial charge in [-0.2, -0.15) is 0 Å². The van der Waals surface area contributed by atoms with E-state index < -0.39 is 11.0 Å². The molecule has 0 amide bonds. The van der Waals surface area contributed by atoms with E-state index in [1.165, 1.54) is 12.1 Å². The lowest BCUT2D eigenvalue weighted by Gasteiger charge is -2.16. The Bertz CT molecular complexity index is 439. The average molecular weight is 239 g/mol. The van der Waals surface area contributed by atoms with Gasteiger partial charge in [0.25, 0.3) is 0 Å². The molecular weight excluding hydrogens is 226 g/mol. The fourth-order valence-electron chi connectivity index (χ4n) is 1.83. The maximum absolute atomic E-state index is 10.9. The van der Waals surface area contributed by atoms with Gasteiger partial charge in [0, 0.05) is 19.2 Å². The minimum absolute atomic E-state index is 0.0851. The molecular formula is C9H13N5O3. The van der Waals surface area contributed by atoms with Crippen LogP contribution in [0.4, 0.5) is 17.3 Å². The molecule has 1 aliphatic rings. The molecule has 4 N–H and O–H groups in total. The summed E-state index contributed by atoms with van der Waals surface area (Å²) in [6, 6.07) is 2.79. The Hall–Kier alpha value is -1.93. The van der Waals surface area contributed by atoms with Gasteiger partial charge in [-0.1, -0.05) is 0 Å². The van der Waals surface area contributed by atoms with Crippen LogP contribution in [0.5, 0.6) is 0 Å². The molecule has 0 radical (unpaired) electrons. The summed E-state index contributed by atoms with van der Waals surface area (Å²) in [5.74, 6) is 5.81. The topological polar surface area (TPSA) is 118 Å². The van der Waals surface area contributed by atoms with E-state index >= 15 is 0 Å². The first-order chi connectivity index (χ1) is 8.11. The number of pyridine rings is 1. The Morgan fingerprint density at radius 2 is 2.41 bits per heavy atom. The van der Waals surface area contributed by atoms with Crippen LogP contribution in [0.15, 0.2) is 12.1 Å². The predicted molar refractivity (Wildman–Crippen MR) is 61.5 cm³/mol. The van der Waals surface area contributed by atoms with E-state index in [2.05, 4.69) is 10.4 Å². The van der Waals surface area contributed by atoms with Crippen molar-refractivity contribution in [3.05, 3.63) is 22.2 Å². The van der Waals surface area contributed by atoms with Crippen molar-refractivity contribution in [2.45, 2.75) is 12.5 Å². The first-order valence-corrected chi connectivity index (χ1v) is 5.17. The molecule has 17 heavy (non-hydrogen) atoms. The summed E-state index contributed by atoms with van der Waals surface area (Å²) < 4.78 is 0. The van der Waals surface area contributed by atoms with Gasteiger partial charge >= 0.3 is 5.69 Å². The third-order valence-corrected chi connectivity index (χ3v) is 2.66. The molecule has 1 atom stereocenters. The Kier molecular flexibility index (Phi) is 3.07. The highest BCUT2D eigenvalue weighted by Crippen LogP contribution is 2.29. The summed E-state index contributed by atoms with van der Waals surface area (Å²) in [5, 5.41) is 20.3. The van der Waals surface area contributed by atoms with Gasteiger partial charge in [-0.05, 0) is 12.5 Å². The van der Waals surface area contributed by atoms with Crippen molar-refractivity contribution in [1.29, 1.82) is 0 Å². The van der Waals surface area contributed by atoms with Gasteiger partial charge in [-0.25, -0.2) is 10.8 Å². The lowest BCUT2D eigenvalue weighted by atomic mass is 10.3. The van der Waals surface area contributed by atoms with E-state index in [0.717, 1.165) is 0 Å². The minimum Gasteiger partial charge on any atom is -0.391 e. The zero-order valence-corrected chi connectivity index (χ0v) is 9.04. The largest absolute Gasteiger partial charge is 0.391 e. The fourth-order valence-corrected chi connectivity index (χ4v) is 1.83. The summed E-state index contributed by atoms with van der Waals surface area (Å²) in [6.45, 7) is 0.894. The fraction of sp³-hybridized carbons (Fsp3) is 0.444. The first-order valence-electron chi connectivity index (χ1n) is 5.17. The van der Waals surface area contributed by atoms with Crippen LogP contribution in [-0.4, -0.2) is 34.2 Å². The monoisotopic (exact) mass is 239 g/mol. The van der Waals surface area contributed by atoms with Crippen molar-refractivity contribution in [2.75, 3.05) is 23.4 Å². The molecule has 0 aliphatic carbocycles. The second-order valence-electron chi connectivity index (χ2n) is 3.83. The maximum atomic E-state index is 10.9. The van der Waals surface area contributed by atoms with E-state index in [0.29, 0.717) is 25.3 Å². The molecule has 1 fully saturated rings. The van der Waals surface area contributed by atoms with Crippen LogP contribution in [0, 0.1) is 10.1 Å². The van der Waals surface area contributed by atoms with Crippen LogP contribution in [0.1, 0.15) is 6.42 Å². The SMILES string of the molecule is NNc1ccc([N+](=O)[O-])c(N2CCC(O)C2)n1. The lowest BCUT2D eigenvalue weighted by molar-refractivity contribution is -0.384. The molecule has 1 saturated heterocycles. The maximum Gasteiger partial charge on any atom is 0.311 e. The molecule has 0 saturated carbocycles. The number of aliphatic hydroxyl groups is 1. The van der Waals surface area contributed by atoms with Gasteiger partial charge in [0.1, 0.15) is 5.82 Å². The van der Waals surface area contributed by atoms with Crippen molar-refractivity contribution in [1.82, 2.24) is 4.98 Å². The third-order valence-electron chi connectivity index (χ3n) is 2.66. The smallest absolute Gasteiger partial charge is 0.311 e. The molecule has 1 aromatic heterocycles. The van der Waals surface area contributed by atoms with Crippen LogP contribution in [-0.2, 0) is 0 Å². The standard InChI is InChI=1S/C9H13N5O3/c10-12-8-2-1-7(14(16)17)9(11-8)13-4-3-6(15)5-13/h1-2,6,15H,3-5,10H2,(H,11,12).